The minimum Gasteiger partial charge on any atom is -0.383 e. The van der Waals surface area contributed by atoms with E-state index in [-0.39, 0.29) is 11.6 Å². The maximum atomic E-state index is 6.22. The molecule has 1 aromatic heterocycles. The molecule has 0 aliphatic heterocycles. The van der Waals surface area contributed by atoms with Crippen LogP contribution in [-0.4, -0.2) is 36.1 Å². The van der Waals surface area contributed by atoms with Crippen molar-refractivity contribution in [2.75, 3.05) is 26.4 Å². The lowest BCUT2D eigenvalue weighted by Crippen LogP contribution is -2.55. The Bertz CT molecular complexity index is 464. The fraction of sp³-hybridized carbons (Fsp3) is 0.706. The minimum absolute atomic E-state index is 0.137. The molecule has 1 atom stereocenters. The van der Waals surface area contributed by atoms with Crippen molar-refractivity contribution in [1.29, 1.82) is 0 Å². The Kier molecular flexibility index (Phi) is 5.22. The number of nitrogen functional groups attached to an aromatic ring is 1. The molecule has 0 radical (unpaired) electrons. The van der Waals surface area contributed by atoms with Crippen LogP contribution in [0.25, 0.3) is 0 Å². The molecule has 0 saturated heterocycles. The summed E-state index contributed by atoms with van der Waals surface area (Å²) in [6.45, 7) is 5.19. The summed E-state index contributed by atoms with van der Waals surface area (Å²) in [4.78, 5) is 6.79. The summed E-state index contributed by atoms with van der Waals surface area (Å²) in [5.41, 5.74) is 8.69. The van der Waals surface area contributed by atoms with E-state index < -0.39 is 0 Å². The number of nitrogens with zero attached hydrogens (tertiary/aromatic N) is 2. The van der Waals surface area contributed by atoms with Gasteiger partial charge in [-0.15, -0.1) is 0 Å². The monoisotopic (exact) mass is 290 g/mol. The number of rotatable bonds is 5. The summed E-state index contributed by atoms with van der Waals surface area (Å²) < 4.78 is 0. The number of pyridine rings is 1. The first kappa shape index (κ1) is 16.2. The van der Waals surface area contributed by atoms with Gasteiger partial charge < -0.3 is 16.0 Å². The number of anilines is 1. The van der Waals surface area contributed by atoms with Crippen LogP contribution in [0.5, 0.6) is 0 Å². The second-order valence-electron chi connectivity index (χ2n) is 6.54. The SMILES string of the molecule is CCNC(c1cc(C)cnc1N)C1(N(C)C)CCCCC1. The molecule has 1 unspecified atom stereocenters. The molecule has 3 N–H and O–H groups in total. The van der Waals surface area contributed by atoms with Crippen LogP contribution in [0.3, 0.4) is 0 Å². The summed E-state index contributed by atoms with van der Waals surface area (Å²) in [6, 6.07) is 2.44. The number of nitrogens with one attached hydrogen (secondary N) is 1. The first-order chi connectivity index (χ1) is 10.0. The Labute approximate surface area is 129 Å². The zero-order valence-corrected chi connectivity index (χ0v) is 13.9. The maximum absolute atomic E-state index is 6.22. The molecule has 0 aromatic carbocycles. The lowest BCUT2D eigenvalue weighted by molar-refractivity contribution is 0.0572. The number of nitrogens with two attached hydrogens (primary N) is 1. The molecule has 0 amide bonds. The Hall–Kier alpha value is -1.13. The molecule has 4 nitrogen and oxygen atoms in total. The molecule has 1 aromatic rings. The van der Waals surface area contributed by atoms with E-state index in [1.165, 1.54) is 37.7 Å². The van der Waals surface area contributed by atoms with Gasteiger partial charge in [0, 0.05) is 17.3 Å². The predicted molar refractivity (Wildman–Crippen MR) is 89.3 cm³/mol. The highest BCUT2D eigenvalue weighted by molar-refractivity contribution is 5.44. The summed E-state index contributed by atoms with van der Waals surface area (Å²) in [5.74, 6) is 0.665. The van der Waals surface area contributed by atoms with Gasteiger partial charge in [-0.2, -0.15) is 0 Å². The number of likely N-dealkylation sites (N-methyl/N-ethyl adjacent to an activating group) is 2. The van der Waals surface area contributed by atoms with E-state index in [1.54, 1.807) is 0 Å². The number of hydrogen-bond donors (Lipinski definition) is 2. The third-order valence-electron chi connectivity index (χ3n) is 4.95. The van der Waals surface area contributed by atoms with Crippen LogP contribution in [0.4, 0.5) is 5.82 Å². The topological polar surface area (TPSA) is 54.2 Å². The van der Waals surface area contributed by atoms with Crippen LogP contribution < -0.4 is 11.1 Å². The van der Waals surface area contributed by atoms with Gasteiger partial charge in [-0.05, 0) is 52.0 Å². The third kappa shape index (κ3) is 3.22. The van der Waals surface area contributed by atoms with Gasteiger partial charge >= 0.3 is 0 Å². The molecule has 1 saturated carbocycles. The van der Waals surface area contributed by atoms with Gasteiger partial charge in [0.05, 0.1) is 6.04 Å². The molecule has 4 heteroatoms. The van der Waals surface area contributed by atoms with Crippen molar-refractivity contribution < 1.29 is 0 Å². The molecule has 1 aliphatic carbocycles. The lowest BCUT2D eigenvalue weighted by atomic mass is 9.73. The number of aryl methyl sites for hydroxylation is 1. The van der Waals surface area contributed by atoms with Gasteiger partial charge in [-0.25, -0.2) is 4.98 Å². The molecular weight excluding hydrogens is 260 g/mol. The Morgan fingerprint density at radius 2 is 2.00 bits per heavy atom. The van der Waals surface area contributed by atoms with Crippen molar-refractivity contribution in [2.24, 2.45) is 0 Å². The second-order valence-corrected chi connectivity index (χ2v) is 6.54. The molecule has 21 heavy (non-hydrogen) atoms. The lowest BCUT2D eigenvalue weighted by Gasteiger charge is -2.49. The highest BCUT2D eigenvalue weighted by atomic mass is 15.2. The molecule has 1 aliphatic rings. The summed E-state index contributed by atoms with van der Waals surface area (Å²) >= 11 is 0. The largest absolute Gasteiger partial charge is 0.383 e. The Morgan fingerprint density at radius 3 is 2.57 bits per heavy atom. The Balaban J connectivity index is 2.47. The van der Waals surface area contributed by atoms with E-state index in [2.05, 4.69) is 49.2 Å². The predicted octanol–water partition coefficient (Wildman–Crippen LogP) is 2.89. The van der Waals surface area contributed by atoms with Crippen molar-refractivity contribution in [3.05, 3.63) is 23.4 Å². The quantitative estimate of drug-likeness (QED) is 0.875. The minimum atomic E-state index is 0.137. The van der Waals surface area contributed by atoms with Crippen molar-refractivity contribution in [3.8, 4) is 0 Å². The molecule has 1 heterocycles. The summed E-state index contributed by atoms with van der Waals surface area (Å²) in [5, 5.41) is 3.70. The standard InChI is InChI=1S/C17H30N4/c1-5-19-15(14-11-13(2)12-20-16(14)18)17(21(3)4)9-7-6-8-10-17/h11-12,15,19H,5-10H2,1-4H3,(H2,18,20). The molecular formula is C17H30N4. The van der Waals surface area contributed by atoms with Gasteiger partial charge in [-0.3, -0.25) is 0 Å². The number of hydrogen-bond acceptors (Lipinski definition) is 4. The molecule has 0 spiro atoms. The van der Waals surface area contributed by atoms with E-state index in [1.807, 2.05) is 6.20 Å². The van der Waals surface area contributed by atoms with Crippen molar-refractivity contribution in [1.82, 2.24) is 15.2 Å². The van der Waals surface area contributed by atoms with Gasteiger partial charge in [0.25, 0.3) is 0 Å². The van der Waals surface area contributed by atoms with E-state index in [0.717, 1.165) is 12.1 Å². The molecule has 1 fully saturated rings. The first-order valence-corrected chi connectivity index (χ1v) is 8.14. The first-order valence-electron chi connectivity index (χ1n) is 8.14. The third-order valence-corrected chi connectivity index (χ3v) is 4.95. The summed E-state index contributed by atoms with van der Waals surface area (Å²) in [6.07, 6.45) is 8.20. The van der Waals surface area contributed by atoms with Crippen LogP contribution >= 0.6 is 0 Å². The van der Waals surface area contributed by atoms with Crippen molar-refractivity contribution in [3.63, 3.8) is 0 Å². The van der Waals surface area contributed by atoms with Crippen LogP contribution in [0.2, 0.25) is 0 Å². The Morgan fingerprint density at radius 1 is 1.33 bits per heavy atom. The van der Waals surface area contributed by atoms with Crippen molar-refractivity contribution >= 4 is 5.82 Å². The fourth-order valence-corrected chi connectivity index (χ4v) is 3.79. The molecule has 2 rings (SSSR count). The normalized spacial score (nSPS) is 19.7. The van der Waals surface area contributed by atoms with Crippen LogP contribution in [0.1, 0.15) is 56.2 Å². The highest BCUT2D eigenvalue weighted by Gasteiger charge is 2.43. The average Bonchev–Trinajstić information content (AvgIpc) is 2.48. The maximum Gasteiger partial charge on any atom is 0.128 e. The van der Waals surface area contributed by atoms with E-state index in [0.29, 0.717) is 5.82 Å². The van der Waals surface area contributed by atoms with Crippen LogP contribution in [0, 0.1) is 6.92 Å². The zero-order chi connectivity index (χ0) is 15.5. The van der Waals surface area contributed by atoms with E-state index in [4.69, 9.17) is 5.73 Å². The highest BCUT2D eigenvalue weighted by Crippen LogP contribution is 2.43. The van der Waals surface area contributed by atoms with Gasteiger partial charge in [-0.1, -0.05) is 26.2 Å². The second kappa shape index (κ2) is 6.75. The smallest absolute Gasteiger partial charge is 0.128 e. The van der Waals surface area contributed by atoms with Crippen LogP contribution in [-0.2, 0) is 0 Å². The van der Waals surface area contributed by atoms with E-state index >= 15 is 0 Å². The van der Waals surface area contributed by atoms with Gasteiger partial charge in [0.1, 0.15) is 5.82 Å². The van der Waals surface area contributed by atoms with Gasteiger partial charge in [0.15, 0.2) is 0 Å². The van der Waals surface area contributed by atoms with Gasteiger partial charge in [0.2, 0.25) is 0 Å². The van der Waals surface area contributed by atoms with Crippen LogP contribution in [0.15, 0.2) is 12.3 Å². The molecule has 0 bridgehead atoms. The fourth-order valence-electron chi connectivity index (χ4n) is 3.79. The average molecular weight is 290 g/mol. The van der Waals surface area contributed by atoms with Crippen molar-refractivity contribution in [2.45, 2.75) is 57.5 Å². The van der Waals surface area contributed by atoms with E-state index in [9.17, 15) is 0 Å². The number of aromatic nitrogens is 1. The molecule has 118 valence electrons. The summed E-state index contributed by atoms with van der Waals surface area (Å²) in [7, 11) is 4.41. The zero-order valence-electron chi connectivity index (χ0n) is 13.9.